The fourth-order valence-corrected chi connectivity index (χ4v) is 2.31. The molecule has 0 bridgehead atoms. The molecule has 0 heterocycles. The average molecular weight is 392 g/mol. The van der Waals surface area contributed by atoms with Gasteiger partial charge in [0.05, 0.1) is 12.0 Å². The summed E-state index contributed by atoms with van der Waals surface area (Å²) < 4.78 is 10.2. The van der Waals surface area contributed by atoms with Crippen LogP contribution in [0.2, 0.25) is 5.02 Å². The zero-order valence-electron chi connectivity index (χ0n) is 14.0. The van der Waals surface area contributed by atoms with E-state index in [1.165, 1.54) is 49.6 Å². The first kappa shape index (κ1) is 19.9. The Morgan fingerprint density at radius 3 is 2.59 bits per heavy atom. The number of methoxy groups -OCH3 is 1. The number of carboxylic acid groups (broad SMARTS) is 1. The molecule has 0 radical (unpaired) electrons. The van der Waals surface area contributed by atoms with E-state index >= 15 is 0 Å². The number of benzene rings is 2. The van der Waals surface area contributed by atoms with Crippen molar-refractivity contribution in [1.29, 1.82) is 0 Å². The maximum absolute atomic E-state index is 12.3. The maximum atomic E-state index is 12.3. The second-order valence-corrected chi connectivity index (χ2v) is 5.62. The summed E-state index contributed by atoms with van der Waals surface area (Å²) in [5.41, 5.74) is 0.454. The molecule has 0 saturated heterocycles. The van der Waals surface area contributed by atoms with E-state index in [-0.39, 0.29) is 33.6 Å². The summed E-state index contributed by atoms with van der Waals surface area (Å²) in [7, 11) is 1.36. The summed E-state index contributed by atoms with van der Waals surface area (Å²) in [5, 5.41) is 19.6. The topological polar surface area (TPSA) is 116 Å². The van der Waals surface area contributed by atoms with Crippen molar-refractivity contribution < 1.29 is 29.1 Å². The van der Waals surface area contributed by atoms with E-state index in [4.69, 9.17) is 26.2 Å². The van der Waals surface area contributed by atoms with Gasteiger partial charge in [0.1, 0.15) is 5.02 Å². The highest BCUT2D eigenvalue weighted by atomic mass is 35.5. The smallest absolute Gasteiger partial charge is 0.341 e. The Kier molecular flexibility index (Phi) is 6.51. The van der Waals surface area contributed by atoms with E-state index in [1.807, 2.05) is 0 Å². The molecular formula is C18H14ClNO7. The first-order valence-electron chi connectivity index (χ1n) is 7.51. The van der Waals surface area contributed by atoms with E-state index in [9.17, 15) is 19.7 Å². The van der Waals surface area contributed by atoms with E-state index in [0.717, 1.165) is 0 Å². The van der Waals surface area contributed by atoms with Crippen molar-refractivity contribution in [1.82, 2.24) is 0 Å². The summed E-state index contributed by atoms with van der Waals surface area (Å²) in [6, 6.07) is 8.47. The van der Waals surface area contributed by atoms with Crippen LogP contribution in [0.5, 0.6) is 11.5 Å². The molecule has 0 unspecified atom stereocenters. The Balaban J connectivity index is 2.20. The fraction of sp³-hybridized carbons (Fsp3) is 0.111. The molecule has 8 nitrogen and oxygen atoms in total. The highest BCUT2D eigenvalue weighted by molar-refractivity contribution is 6.32. The Morgan fingerprint density at radius 1 is 1.22 bits per heavy atom. The van der Waals surface area contributed by atoms with Crippen molar-refractivity contribution in [3.63, 3.8) is 0 Å². The van der Waals surface area contributed by atoms with Gasteiger partial charge in [0.15, 0.2) is 23.9 Å². The molecule has 0 aliphatic heterocycles. The van der Waals surface area contributed by atoms with Crippen LogP contribution >= 0.6 is 11.6 Å². The van der Waals surface area contributed by atoms with E-state index < -0.39 is 17.5 Å². The molecule has 0 spiro atoms. The summed E-state index contributed by atoms with van der Waals surface area (Å²) in [4.78, 5) is 33.2. The lowest BCUT2D eigenvalue weighted by atomic mass is 10.1. The number of nitro groups is 1. The average Bonchev–Trinajstić information content (AvgIpc) is 2.64. The van der Waals surface area contributed by atoms with Crippen molar-refractivity contribution >= 4 is 35.1 Å². The van der Waals surface area contributed by atoms with Crippen LogP contribution in [-0.4, -0.2) is 35.5 Å². The molecule has 2 aromatic rings. The number of halogens is 1. The quantitative estimate of drug-likeness (QED) is 0.316. The van der Waals surface area contributed by atoms with Gasteiger partial charge in [-0.05, 0) is 35.9 Å². The highest BCUT2D eigenvalue weighted by Gasteiger charge is 2.13. The molecule has 27 heavy (non-hydrogen) atoms. The van der Waals surface area contributed by atoms with Crippen LogP contribution in [-0.2, 0) is 4.79 Å². The Hall–Kier alpha value is -3.39. The summed E-state index contributed by atoms with van der Waals surface area (Å²) >= 11 is 5.75. The van der Waals surface area contributed by atoms with Crippen LogP contribution in [0.1, 0.15) is 15.9 Å². The molecule has 0 aliphatic rings. The molecule has 140 valence electrons. The number of hydrogen-bond acceptors (Lipinski definition) is 6. The lowest BCUT2D eigenvalue weighted by Gasteiger charge is -2.09. The predicted octanol–water partition coefficient (Wildman–Crippen LogP) is 3.62. The number of aliphatic carboxylic acids is 1. The van der Waals surface area contributed by atoms with Crippen LogP contribution in [0.25, 0.3) is 6.08 Å². The van der Waals surface area contributed by atoms with E-state index in [1.54, 1.807) is 6.07 Å². The molecule has 0 atom stereocenters. The monoisotopic (exact) mass is 391 g/mol. The Morgan fingerprint density at radius 2 is 1.96 bits per heavy atom. The minimum Gasteiger partial charge on any atom is -0.493 e. The van der Waals surface area contributed by atoms with Crippen molar-refractivity contribution in [3.05, 3.63) is 68.7 Å². The van der Waals surface area contributed by atoms with Crippen LogP contribution < -0.4 is 9.47 Å². The molecular weight excluding hydrogens is 378 g/mol. The second-order valence-electron chi connectivity index (χ2n) is 5.21. The van der Waals surface area contributed by atoms with Crippen molar-refractivity contribution in [2.45, 2.75) is 0 Å². The minimum atomic E-state index is -1.14. The van der Waals surface area contributed by atoms with Crippen LogP contribution in [0.4, 0.5) is 5.69 Å². The standard InChI is InChI=1S/C18H14ClNO7/c1-26-17-9-12(4-7-16(17)27-10-18(22)23)15(21)6-3-11-2-5-13(19)14(8-11)20(24)25/h2-9H,10H2,1H3,(H,22,23)/b6-3+. The van der Waals surface area contributed by atoms with Gasteiger partial charge in [0, 0.05) is 11.6 Å². The van der Waals surface area contributed by atoms with Gasteiger partial charge >= 0.3 is 5.97 Å². The van der Waals surface area contributed by atoms with Gasteiger partial charge in [-0.3, -0.25) is 14.9 Å². The summed E-state index contributed by atoms with van der Waals surface area (Å²) in [6.45, 7) is -0.543. The molecule has 0 aliphatic carbocycles. The van der Waals surface area contributed by atoms with Crippen molar-refractivity contribution in [2.24, 2.45) is 0 Å². The van der Waals surface area contributed by atoms with Gasteiger partial charge in [-0.1, -0.05) is 23.7 Å². The minimum absolute atomic E-state index is 0.00478. The third kappa shape index (κ3) is 5.29. The number of ether oxygens (including phenoxy) is 2. The third-order valence-electron chi connectivity index (χ3n) is 3.39. The number of allylic oxidation sites excluding steroid dienone is 1. The zero-order valence-corrected chi connectivity index (χ0v) is 14.8. The molecule has 0 amide bonds. The fourth-order valence-electron chi connectivity index (χ4n) is 2.12. The van der Waals surface area contributed by atoms with Gasteiger partial charge < -0.3 is 14.6 Å². The molecule has 9 heteroatoms. The third-order valence-corrected chi connectivity index (χ3v) is 3.71. The molecule has 0 fully saturated rings. The number of hydrogen-bond donors (Lipinski definition) is 1. The SMILES string of the molecule is COc1cc(C(=O)/C=C/c2ccc(Cl)c([N+](=O)[O-])c2)ccc1OCC(=O)O. The largest absolute Gasteiger partial charge is 0.493 e. The van der Waals surface area contributed by atoms with Crippen molar-refractivity contribution in [2.75, 3.05) is 13.7 Å². The van der Waals surface area contributed by atoms with Crippen LogP contribution in [0.3, 0.4) is 0 Å². The highest BCUT2D eigenvalue weighted by Crippen LogP contribution is 2.29. The number of nitro benzene ring substituents is 1. The van der Waals surface area contributed by atoms with E-state index in [0.29, 0.717) is 5.56 Å². The molecule has 2 rings (SSSR count). The van der Waals surface area contributed by atoms with Gasteiger partial charge in [0.25, 0.3) is 5.69 Å². The molecule has 0 aromatic heterocycles. The lowest BCUT2D eigenvalue weighted by Crippen LogP contribution is -2.10. The molecule has 0 saturated carbocycles. The molecule has 2 aromatic carbocycles. The number of ketones is 1. The summed E-state index contributed by atoms with van der Waals surface area (Å²) in [5.74, 6) is -1.13. The van der Waals surface area contributed by atoms with Gasteiger partial charge in [-0.2, -0.15) is 0 Å². The number of nitrogens with zero attached hydrogens (tertiary/aromatic N) is 1. The molecule has 1 N–H and O–H groups in total. The number of rotatable bonds is 8. The van der Waals surface area contributed by atoms with Crippen molar-refractivity contribution in [3.8, 4) is 11.5 Å². The first-order chi connectivity index (χ1) is 12.8. The van der Waals surface area contributed by atoms with Crippen LogP contribution in [0, 0.1) is 10.1 Å². The number of carboxylic acids is 1. The zero-order chi connectivity index (χ0) is 20.0. The number of carbonyl (C=O) groups excluding carboxylic acids is 1. The Bertz CT molecular complexity index is 924. The van der Waals surface area contributed by atoms with E-state index in [2.05, 4.69) is 0 Å². The predicted molar refractivity (Wildman–Crippen MR) is 97.6 cm³/mol. The summed E-state index contributed by atoms with van der Waals surface area (Å²) in [6.07, 6.45) is 2.67. The van der Waals surface area contributed by atoms with Gasteiger partial charge in [0.2, 0.25) is 0 Å². The number of carbonyl (C=O) groups is 2. The maximum Gasteiger partial charge on any atom is 0.341 e. The van der Waals surface area contributed by atoms with Crippen LogP contribution in [0.15, 0.2) is 42.5 Å². The lowest BCUT2D eigenvalue weighted by molar-refractivity contribution is -0.384. The second kappa shape index (κ2) is 8.81. The first-order valence-corrected chi connectivity index (χ1v) is 7.88. The normalized spacial score (nSPS) is 10.6. The van der Waals surface area contributed by atoms with Gasteiger partial charge in [-0.15, -0.1) is 0 Å². The van der Waals surface area contributed by atoms with Gasteiger partial charge in [-0.25, -0.2) is 4.79 Å². The Labute approximate surface area is 158 Å².